The van der Waals surface area contributed by atoms with Crippen molar-refractivity contribution in [3.8, 4) is 5.75 Å². The van der Waals surface area contributed by atoms with Gasteiger partial charge in [0.05, 0.1) is 13.2 Å². The molecule has 3 heteroatoms. The molecule has 0 aliphatic carbocycles. The van der Waals surface area contributed by atoms with Crippen molar-refractivity contribution in [3.05, 3.63) is 29.8 Å². The van der Waals surface area contributed by atoms with Crippen molar-refractivity contribution >= 4 is 0 Å². The van der Waals surface area contributed by atoms with E-state index in [1.807, 2.05) is 12.1 Å². The minimum Gasteiger partial charge on any atom is -0.497 e. The second-order valence-electron chi connectivity index (χ2n) is 5.52. The van der Waals surface area contributed by atoms with Crippen LogP contribution in [0.5, 0.6) is 5.75 Å². The predicted molar refractivity (Wildman–Crippen MR) is 68.1 cm³/mol. The highest BCUT2D eigenvalue weighted by molar-refractivity contribution is 5.27. The summed E-state index contributed by atoms with van der Waals surface area (Å²) in [4.78, 5) is 2.30. The average molecular weight is 235 g/mol. The number of rotatable bonds is 3. The molecule has 0 aromatic heterocycles. The lowest BCUT2D eigenvalue weighted by Gasteiger charge is -2.21. The lowest BCUT2D eigenvalue weighted by molar-refractivity contribution is 0.0954. The Balaban J connectivity index is 1.98. The first kappa shape index (κ1) is 12.4. The average Bonchev–Trinajstić information content (AvgIpc) is 2.53. The molecule has 94 valence electrons. The van der Waals surface area contributed by atoms with Crippen molar-refractivity contribution in [3.63, 3.8) is 0 Å². The third kappa shape index (κ3) is 2.79. The van der Waals surface area contributed by atoms with Gasteiger partial charge >= 0.3 is 0 Å². The lowest BCUT2D eigenvalue weighted by Crippen LogP contribution is -2.26. The Hall–Kier alpha value is -1.06. The van der Waals surface area contributed by atoms with Crippen molar-refractivity contribution in [1.82, 2.24) is 4.90 Å². The van der Waals surface area contributed by atoms with Crippen LogP contribution < -0.4 is 4.74 Å². The number of aliphatic hydroxyl groups is 1. The van der Waals surface area contributed by atoms with Crippen molar-refractivity contribution in [1.29, 1.82) is 0 Å². The Kier molecular flexibility index (Phi) is 3.40. The predicted octanol–water partition coefficient (Wildman–Crippen LogP) is 1.90. The van der Waals surface area contributed by atoms with E-state index in [1.165, 1.54) is 5.56 Å². The zero-order valence-corrected chi connectivity index (χ0v) is 10.8. The fourth-order valence-corrected chi connectivity index (χ4v) is 2.35. The Morgan fingerprint density at radius 2 is 2.00 bits per heavy atom. The first-order valence-corrected chi connectivity index (χ1v) is 6.04. The van der Waals surface area contributed by atoms with Crippen molar-refractivity contribution in [2.24, 2.45) is 5.41 Å². The van der Waals surface area contributed by atoms with Crippen LogP contribution in [-0.4, -0.2) is 36.3 Å². The smallest absolute Gasteiger partial charge is 0.118 e. The Labute approximate surface area is 103 Å². The number of hydrogen-bond acceptors (Lipinski definition) is 3. The van der Waals surface area contributed by atoms with Crippen molar-refractivity contribution in [2.75, 3.05) is 20.2 Å². The summed E-state index contributed by atoms with van der Waals surface area (Å²) in [5.74, 6) is 0.885. The van der Waals surface area contributed by atoms with Crippen LogP contribution in [-0.2, 0) is 6.54 Å². The highest BCUT2D eigenvalue weighted by Gasteiger charge is 2.37. The van der Waals surface area contributed by atoms with Gasteiger partial charge in [0.15, 0.2) is 0 Å². The molecule has 1 aliphatic heterocycles. The van der Waals surface area contributed by atoms with E-state index in [0.29, 0.717) is 0 Å². The van der Waals surface area contributed by atoms with E-state index in [-0.39, 0.29) is 11.5 Å². The Morgan fingerprint density at radius 3 is 2.47 bits per heavy atom. The molecule has 2 rings (SSSR count). The fraction of sp³-hybridized carbons (Fsp3) is 0.571. The maximum Gasteiger partial charge on any atom is 0.118 e. The molecule has 0 unspecified atom stereocenters. The molecule has 0 amide bonds. The lowest BCUT2D eigenvalue weighted by atomic mass is 9.90. The summed E-state index contributed by atoms with van der Waals surface area (Å²) >= 11 is 0. The summed E-state index contributed by atoms with van der Waals surface area (Å²) in [6.07, 6.45) is -0.222. The molecule has 1 aliphatic rings. The number of β-amino-alcohol motifs (C(OH)–C–C–N with tert-alkyl or cyclic N) is 1. The first-order chi connectivity index (χ1) is 8.01. The minimum atomic E-state index is -0.222. The molecule has 0 radical (unpaired) electrons. The molecule has 1 aromatic rings. The topological polar surface area (TPSA) is 32.7 Å². The van der Waals surface area contributed by atoms with Crippen LogP contribution >= 0.6 is 0 Å². The quantitative estimate of drug-likeness (QED) is 0.868. The van der Waals surface area contributed by atoms with Gasteiger partial charge < -0.3 is 9.84 Å². The molecule has 1 aromatic carbocycles. The molecule has 1 saturated heterocycles. The van der Waals surface area contributed by atoms with Gasteiger partial charge in [0.25, 0.3) is 0 Å². The maximum absolute atomic E-state index is 9.93. The normalized spacial score (nSPS) is 23.9. The summed E-state index contributed by atoms with van der Waals surface area (Å²) in [5, 5.41) is 9.93. The van der Waals surface area contributed by atoms with Crippen molar-refractivity contribution in [2.45, 2.75) is 26.5 Å². The van der Waals surface area contributed by atoms with Crippen LogP contribution in [0.4, 0.5) is 0 Å². The minimum absolute atomic E-state index is 0.00642. The Morgan fingerprint density at radius 1 is 1.35 bits per heavy atom. The van der Waals surface area contributed by atoms with Crippen LogP contribution in [0.2, 0.25) is 0 Å². The van der Waals surface area contributed by atoms with Crippen LogP contribution in [0, 0.1) is 5.41 Å². The number of ether oxygens (including phenoxy) is 1. The van der Waals surface area contributed by atoms with Crippen LogP contribution in [0.15, 0.2) is 24.3 Å². The standard InChI is InChI=1S/C14H21NO2/c1-14(2)10-15(9-13(14)16)8-11-4-6-12(17-3)7-5-11/h4-7,13,16H,8-10H2,1-3H3/t13-/m1/s1. The highest BCUT2D eigenvalue weighted by Crippen LogP contribution is 2.30. The zero-order valence-electron chi connectivity index (χ0n) is 10.8. The van der Waals surface area contributed by atoms with Gasteiger partial charge in [0.2, 0.25) is 0 Å². The van der Waals surface area contributed by atoms with Gasteiger partial charge in [-0.05, 0) is 17.7 Å². The second kappa shape index (κ2) is 4.67. The van der Waals surface area contributed by atoms with Crippen LogP contribution in [0.25, 0.3) is 0 Å². The first-order valence-electron chi connectivity index (χ1n) is 6.04. The third-order valence-electron chi connectivity index (χ3n) is 3.53. The van der Waals surface area contributed by atoms with Gasteiger partial charge in [0.1, 0.15) is 5.75 Å². The molecule has 1 heterocycles. The van der Waals surface area contributed by atoms with E-state index < -0.39 is 0 Å². The van der Waals surface area contributed by atoms with Crippen LogP contribution in [0.1, 0.15) is 19.4 Å². The van der Waals surface area contributed by atoms with E-state index in [0.717, 1.165) is 25.4 Å². The van der Waals surface area contributed by atoms with E-state index in [2.05, 4.69) is 30.9 Å². The monoisotopic (exact) mass is 235 g/mol. The van der Waals surface area contributed by atoms with Crippen molar-refractivity contribution < 1.29 is 9.84 Å². The van der Waals surface area contributed by atoms with Gasteiger partial charge in [-0.25, -0.2) is 0 Å². The molecule has 1 fully saturated rings. The van der Waals surface area contributed by atoms with E-state index in [9.17, 15) is 5.11 Å². The largest absolute Gasteiger partial charge is 0.497 e. The van der Waals surface area contributed by atoms with E-state index in [4.69, 9.17) is 4.74 Å². The van der Waals surface area contributed by atoms with Gasteiger partial charge in [-0.1, -0.05) is 26.0 Å². The number of aliphatic hydroxyl groups excluding tert-OH is 1. The number of methoxy groups -OCH3 is 1. The molecule has 0 spiro atoms. The Bertz CT molecular complexity index is 372. The van der Waals surface area contributed by atoms with E-state index >= 15 is 0 Å². The SMILES string of the molecule is COc1ccc(CN2C[C@@H](O)C(C)(C)C2)cc1. The maximum atomic E-state index is 9.93. The number of benzene rings is 1. The molecular formula is C14H21NO2. The van der Waals surface area contributed by atoms with Gasteiger partial charge in [-0.15, -0.1) is 0 Å². The highest BCUT2D eigenvalue weighted by atomic mass is 16.5. The summed E-state index contributed by atoms with van der Waals surface area (Å²) in [6, 6.07) is 8.12. The summed E-state index contributed by atoms with van der Waals surface area (Å²) < 4.78 is 5.14. The number of likely N-dealkylation sites (tertiary alicyclic amines) is 1. The van der Waals surface area contributed by atoms with Gasteiger partial charge in [-0.2, -0.15) is 0 Å². The second-order valence-corrected chi connectivity index (χ2v) is 5.52. The molecule has 0 bridgehead atoms. The molecule has 1 atom stereocenters. The number of nitrogens with zero attached hydrogens (tertiary/aromatic N) is 1. The fourth-order valence-electron chi connectivity index (χ4n) is 2.35. The number of hydrogen-bond donors (Lipinski definition) is 1. The summed E-state index contributed by atoms with van der Waals surface area (Å²) in [6.45, 7) is 6.83. The summed E-state index contributed by atoms with van der Waals surface area (Å²) in [7, 11) is 1.67. The molecular weight excluding hydrogens is 214 g/mol. The van der Waals surface area contributed by atoms with Gasteiger partial charge in [-0.3, -0.25) is 4.90 Å². The molecule has 17 heavy (non-hydrogen) atoms. The zero-order chi connectivity index (χ0) is 12.5. The molecule has 0 saturated carbocycles. The third-order valence-corrected chi connectivity index (χ3v) is 3.53. The summed E-state index contributed by atoms with van der Waals surface area (Å²) in [5.41, 5.74) is 1.27. The van der Waals surface area contributed by atoms with Crippen LogP contribution in [0.3, 0.4) is 0 Å². The van der Waals surface area contributed by atoms with E-state index in [1.54, 1.807) is 7.11 Å². The molecule has 3 nitrogen and oxygen atoms in total. The molecule has 1 N–H and O–H groups in total. The van der Waals surface area contributed by atoms with Gasteiger partial charge in [0, 0.05) is 25.0 Å².